The summed E-state index contributed by atoms with van der Waals surface area (Å²) >= 11 is 0. The van der Waals surface area contributed by atoms with Crippen LogP contribution in [0.3, 0.4) is 0 Å². The molecule has 0 spiro atoms. The molecule has 2 aromatic carbocycles. The molecule has 21 heavy (non-hydrogen) atoms. The van der Waals surface area contributed by atoms with E-state index >= 15 is 0 Å². The lowest BCUT2D eigenvalue weighted by molar-refractivity contribution is 0.452. The number of hydrogen-bond donors (Lipinski definition) is 3. The number of aromatic hydroxyl groups is 1. The van der Waals surface area contributed by atoms with Crippen LogP contribution in [0.25, 0.3) is 0 Å². The first kappa shape index (κ1) is 15.5. The van der Waals surface area contributed by atoms with Crippen LogP contribution in [0.2, 0.25) is 0 Å². The van der Waals surface area contributed by atoms with Crippen LogP contribution in [0.15, 0.2) is 53.4 Å². The monoisotopic (exact) mass is 306 g/mol. The fourth-order valence-electron chi connectivity index (χ4n) is 2.03. The van der Waals surface area contributed by atoms with Crippen LogP contribution in [0.1, 0.15) is 24.1 Å². The quantitative estimate of drug-likeness (QED) is 0.786. The Morgan fingerprint density at radius 3 is 2.33 bits per heavy atom. The van der Waals surface area contributed by atoms with Gasteiger partial charge in [0.05, 0.1) is 4.90 Å². The Balaban J connectivity index is 2.02. The minimum atomic E-state index is -3.65. The van der Waals surface area contributed by atoms with Gasteiger partial charge in [-0.3, -0.25) is 0 Å². The molecule has 0 heterocycles. The molecule has 112 valence electrons. The number of phenols is 1. The first-order valence-corrected chi connectivity index (χ1v) is 8.05. The lowest BCUT2D eigenvalue weighted by atomic mass is 10.1. The summed E-state index contributed by atoms with van der Waals surface area (Å²) < 4.78 is 22.3. The second-order valence-electron chi connectivity index (χ2n) is 4.85. The van der Waals surface area contributed by atoms with Gasteiger partial charge < -0.3 is 10.4 Å². The van der Waals surface area contributed by atoms with Gasteiger partial charge in [0, 0.05) is 18.2 Å². The topological polar surface area (TPSA) is 92.4 Å². The van der Waals surface area contributed by atoms with Crippen molar-refractivity contribution in [1.82, 2.24) is 5.32 Å². The highest BCUT2D eigenvalue weighted by Gasteiger charge is 2.10. The summed E-state index contributed by atoms with van der Waals surface area (Å²) in [4.78, 5) is 0.0972. The summed E-state index contributed by atoms with van der Waals surface area (Å²) in [6, 6.07) is 13.5. The molecule has 1 unspecified atom stereocenters. The van der Waals surface area contributed by atoms with E-state index in [2.05, 4.69) is 5.32 Å². The molecular weight excluding hydrogens is 288 g/mol. The average Bonchev–Trinajstić information content (AvgIpc) is 2.45. The predicted octanol–water partition coefficient (Wildman–Crippen LogP) is 1.89. The molecule has 0 radical (unpaired) electrons. The maximum Gasteiger partial charge on any atom is 0.238 e. The summed E-state index contributed by atoms with van der Waals surface area (Å²) in [7, 11) is -3.65. The smallest absolute Gasteiger partial charge is 0.238 e. The Labute approximate surface area is 124 Å². The third-order valence-electron chi connectivity index (χ3n) is 3.27. The number of phenolic OH excluding ortho intramolecular Hbond substituents is 1. The molecule has 6 heteroatoms. The number of rotatable bonds is 5. The summed E-state index contributed by atoms with van der Waals surface area (Å²) in [6.07, 6.45) is 0. The SMILES string of the molecule is CC(NCc1ccc(S(N)(=O)=O)cc1)c1ccccc1O. The summed E-state index contributed by atoms with van der Waals surface area (Å²) in [6.45, 7) is 2.51. The van der Waals surface area contributed by atoms with Gasteiger partial charge in [-0.2, -0.15) is 0 Å². The van der Waals surface area contributed by atoms with Crippen molar-refractivity contribution >= 4 is 10.0 Å². The highest BCUT2D eigenvalue weighted by atomic mass is 32.2. The lowest BCUT2D eigenvalue weighted by Crippen LogP contribution is -2.18. The van der Waals surface area contributed by atoms with Gasteiger partial charge in [-0.25, -0.2) is 13.6 Å². The van der Waals surface area contributed by atoms with Crippen molar-refractivity contribution in [3.63, 3.8) is 0 Å². The lowest BCUT2D eigenvalue weighted by Gasteiger charge is -2.15. The normalized spacial score (nSPS) is 13.0. The molecule has 0 bridgehead atoms. The molecule has 0 saturated carbocycles. The first-order chi connectivity index (χ1) is 9.88. The van der Waals surface area contributed by atoms with Gasteiger partial charge in [-0.15, -0.1) is 0 Å². The van der Waals surface area contributed by atoms with Crippen molar-refractivity contribution in [2.45, 2.75) is 24.4 Å². The summed E-state index contributed by atoms with van der Waals surface area (Å²) in [5.41, 5.74) is 1.75. The third kappa shape index (κ3) is 4.04. The molecule has 5 nitrogen and oxygen atoms in total. The Morgan fingerprint density at radius 1 is 1.14 bits per heavy atom. The fourth-order valence-corrected chi connectivity index (χ4v) is 2.55. The Bertz CT molecular complexity index is 712. The summed E-state index contributed by atoms with van der Waals surface area (Å²) in [5.74, 6) is 0.252. The van der Waals surface area contributed by atoms with Crippen LogP contribution < -0.4 is 10.5 Å². The minimum Gasteiger partial charge on any atom is -0.508 e. The highest BCUT2D eigenvalue weighted by Crippen LogP contribution is 2.23. The van der Waals surface area contributed by atoms with Crippen LogP contribution in [-0.2, 0) is 16.6 Å². The van der Waals surface area contributed by atoms with Gasteiger partial charge in [0.25, 0.3) is 0 Å². The molecule has 0 saturated heterocycles. The molecule has 0 aliphatic carbocycles. The summed E-state index contributed by atoms with van der Waals surface area (Å²) in [5, 5.41) is 18.1. The van der Waals surface area contributed by atoms with Crippen molar-refractivity contribution in [2.24, 2.45) is 5.14 Å². The van der Waals surface area contributed by atoms with Crippen LogP contribution >= 0.6 is 0 Å². The van der Waals surface area contributed by atoms with Gasteiger partial charge in [-0.1, -0.05) is 30.3 Å². The number of hydrogen-bond acceptors (Lipinski definition) is 4. The van der Waals surface area contributed by atoms with Gasteiger partial charge >= 0.3 is 0 Å². The van der Waals surface area contributed by atoms with Gasteiger partial charge in [0.15, 0.2) is 0 Å². The molecule has 0 aliphatic heterocycles. The van der Waals surface area contributed by atoms with E-state index in [0.717, 1.165) is 11.1 Å². The molecule has 0 fully saturated rings. The zero-order chi connectivity index (χ0) is 15.5. The van der Waals surface area contributed by atoms with Crippen molar-refractivity contribution in [2.75, 3.05) is 0 Å². The van der Waals surface area contributed by atoms with E-state index in [-0.39, 0.29) is 16.7 Å². The molecule has 1 atom stereocenters. The van der Waals surface area contributed by atoms with E-state index in [1.807, 2.05) is 19.1 Å². The van der Waals surface area contributed by atoms with Gasteiger partial charge in [0.1, 0.15) is 5.75 Å². The Hall–Kier alpha value is -1.89. The van der Waals surface area contributed by atoms with E-state index < -0.39 is 10.0 Å². The van der Waals surface area contributed by atoms with E-state index in [0.29, 0.717) is 6.54 Å². The molecule has 2 rings (SSSR count). The average molecular weight is 306 g/mol. The number of para-hydroxylation sites is 1. The van der Waals surface area contributed by atoms with Crippen molar-refractivity contribution in [3.8, 4) is 5.75 Å². The minimum absolute atomic E-state index is 0.0240. The predicted molar refractivity (Wildman–Crippen MR) is 81.2 cm³/mol. The number of primary sulfonamides is 1. The van der Waals surface area contributed by atoms with Crippen LogP contribution in [0.4, 0.5) is 0 Å². The third-order valence-corrected chi connectivity index (χ3v) is 4.20. The van der Waals surface area contributed by atoms with E-state index in [1.165, 1.54) is 12.1 Å². The highest BCUT2D eigenvalue weighted by molar-refractivity contribution is 7.89. The second-order valence-corrected chi connectivity index (χ2v) is 6.41. The number of sulfonamides is 1. The maximum absolute atomic E-state index is 11.2. The Morgan fingerprint density at radius 2 is 1.76 bits per heavy atom. The van der Waals surface area contributed by atoms with Crippen molar-refractivity contribution < 1.29 is 13.5 Å². The largest absolute Gasteiger partial charge is 0.508 e. The molecule has 0 aromatic heterocycles. The molecule has 4 N–H and O–H groups in total. The van der Waals surface area contributed by atoms with Crippen molar-refractivity contribution in [3.05, 3.63) is 59.7 Å². The first-order valence-electron chi connectivity index (χ1n) is 6.51. The number of benzene rings is 2. The van der Waals surface area contributed by atoms with Gasteiger partial charge in [0.2, 0.25) is 10.0 Å². The standard InChI is InChI=1S/C15H18N2O3S/c1-11(14-4-2-3-5-15(14)18)17-10-12-6-8-13(9-7-12)21(16,19)20/h2-9,11,17-18H,10H2,1H3,(H2,16,19,20). The fraction of sp³-hybridized carbons (Fsp3) is 0.200. The zero-order valence-corrected chi connectivity index (χ0v) is 12.5. The number of nitrogens with one attached hydrogen (secondary N) is 1. The molecular formula is C15H18N2O3S. The molecule has 0 amide bonds. The van der Waals surface area contributed by atoms with Crippen LogP contribution in [0.5, 0.6) is 5.75 Å². The van der Waals surface area contributed by atoms with Crippen LogP contribution in [0, 0.1) is 0 Å². The zero-order valence-electron chi connectivity index (χ0n) is 11.7. The van der Waals surface area contributed by atoms with E-state index in [4.69, 9.17) is 5.14 Å². The Kier molecular flexibility index (Phi) is 4.62. The molecule has 2 aromatic rings. The van der Waals surface area contributed by atoms with E-state index in [9.17, 15) is 13.5 Å². The van der Waals surface area contributed by atoms with Crippen LogP contribution in [-0.4, -0.2) is 13.5 Å². The van der Waals surface area contributed by atoms with Crippen molar-refractivity contribution in [1.29, 1.82) is 0 Å². The molecule has 0 aliphatic rings. The second kappa shape index (κ2) is 6.26. The number of nitrogens with two attached hydrogens (primary N) is 1. The van der Waals surface area contributed by atoms with E-state index in [1.54, 1.807) is 24.3 Å². The maximum atomic E-state index is 11.2. The van der Waals surface area contributed by atoms with Gasteiger partial charge in [-0.05, 0) is 30.7 Å².